The summed E-state index contributed by atoms with van der Waals surface area (Å²) in [5, 5.41) is -1.06. The van der Waals surface area contributed by atoms with Crippen molar-refractivity contribution in [3.8, 4) is 0 Å². The first kappa shape index (κ1) is 21.7. The minimum absolute atomic E-state index is 0.464. The fourth-order valence-electron chi connectivity index (χ4n) is 2.59. The second-order valence-electron chi connectivity index (χ2n) is 5.45. The Kier molecular flexibility index (Phi) is 10.8. The van der Waals surface area contributed by atoms with Crippen molar-refractivity contribution >= 4 is 31.0 Å². The van der Waals surface area contributed by atoms with Crippen LogP contribution in [0.25, 0.3) is 0 Å². The summed E-state index contributed by atoms with van der Waals surface area (Å²) in [6.07, 6.45) is 6.73. The summed E-state index contributed by atoms with van der Waals surface area (Å²) in [7, 11) is -4.65. The van der Waals surface area contributed by atoms with Gasteiger partial charge in [0.15, 0.2) is 0 Å². The molecule has 0 saturated heterocycles. The second kappa shape index (κ2) is 10.5. The topological polar surface area (TPSA) is 66.8 Å². The number of phosphoric ester groups is 1. The average Bonchev–Trinajstić information content (AvgIpc) is 2.42. The van der Waals surface area contributed by atoms with E-state index in [-0.39, 0.29) is 0 Å². The fourth-order valence-corrected chi connectivity index (χ4v) is 4.18. The third-order valence-electron chi connectivity index (χ3n) is 3.74. The monoisotopic (exact) mass is 362 g/mol. The molecular formula is C14H29Cl2O4P. The molecule has 0 aliphatic rings. The van der Waals surface area contributed by atoms with E-state index in [4.69, 9.17) is 27.7 Å². The Balaban J connectivity index is 5.04. The molecule has 0 aromatic heterocycles. The van der Waals surface area contributed by atoms with Crippen LogP contribution in [0.1, 0.15) is 72.1 Å². The van der Waals surface area contributed by atoms with E-state index in [1.807, 2.05) is 13.8 Å². The third kappa shape index (κ3) is 7.67. The first-order valence-corrected chi connectivity index (χ1v) is 10.2. The number of rotatable bonds is 12. The zero-order valence-electron chi connectivity index (χ0n) is 13.2. The Hall–Kier alpha value is 0.690. The van der Waals surface area contributed by atoms with Crippen LogP contribution in [0.15, 0.2) is 0 Å². The summed E-state index contributed by atoms with van der Waals surface area (Å²) in [6, 6.07) is 0. The van der Waals surface area contributed by atoms with Gasteiger partial charge in [0.05, 0.1) is 10.8 Å². The minimum Gasteiger partial charge on any atom is -0.303 e. The van der Waals surface area contributed by atoms with Gasteiger partial charge in [0.1, 0.15) is 5.60 Å². The maximum Gasteiger partial charge on any atom is 0.470 e. The largest absolute Gasteiger partial charge is 0.470 e. The first-order chi connectivity index (χ1) is 9.73. The minimum atomic E-state index is -4.65. The molecule has 0 aromatic rings. The highest BCUT2D eigenvalue weighted by atomic mass is 35.5. The molecule has 128 valence electrons. The number of hydrogen-bond acceptors (Lipinski definition) is 2. The molecule has 4 nitrogen and oxygen atoms in total. The van der Waals surface area contributed by atoms with Crippen molar-refractivity contribution in [3.05, 3.63) is 0 Å². The normalized spacial score (nSPS) is 18.2. The molecule has 0 radical (unpaired) electrons. The summed E-state index contributed by atoms with van der Waals surface area (Å²) in [5.41, 5.74) is -1.18. The molecule has 0 saturated carbocycles. The van der Waals surface area contributed by atoms with Crippen molar-refractivity contribution in [2.75, 3.05) is 0 Å². The maximum atomic E-state index is 11.4. The molecule has 0 aliphatic carbocycles. The zero-order valence-corrected chi connectivity index (χ0v) is 15.6. The summed E-state index contributed by atoms with van der Waals surface area (Å²) in [6.45, 7) is 5.87. The van der Waals surface area contributed by atoms with Crippen LogP contribution < -0.4 is 0 Å². The van der Waals surface area contributed by atoms with Crippen molar-refractivity contribution in [1.29, 1.82) is 0 Å². The zero-order chi connectivity index (χ0) is 16.5. The number of hydrogen-bond donors (Lipinski definition) is 2. The van der Waals surface area contributed by atoms with Crippen LogP contribution in [0.5, 0.6) is 0 Å². The van der Waals surface area contributed by atoms with E-state index >= 15 is 0 Å². The van der Waals surface area contributed by atoms with Gasteiger partial charge in [-0.2, -0.15) is 0 Å². The Morgan fingerprint density at radius 2 is 1.48 bits per heavy atom. The van der Waals surface area contributed by atoms with E-state index in [1.165, 1.54) is 0 Å². The van der Waals surface area contributed by atoms with Crippen LogP contribution in [0.3, 0.4) is 0 Å². The number of halogens is 2. The Morgan fingerprint density at radius 1 is 1.00 bits per heavy atom. The summed E-state index contributed by atoms with van der Waals surface area (Å²) >= 11 is 12.7. The third-order valence-corrected chi connectivity index (χ3v) is 5.67. The highest BCUT2D eigenvalue weighted by Crippen LogP contribution is 2.49. The summed E-state index contributed by atoms with van der Waals surface area (Å²) in [5.74, 6) is 0. The van der Waals surface area contributed by atoms with Gasteiger partial charge in [-0.3, -0.25) is 4.52 Å². The predicted molar refractivity (Wildman–Crippen MR) is 89.1 cm³/mol. The van der Waals surface area contributed by atoms with E-state index in [0.717, 1.165) is 32.1 Å². The Labute approximate surface area is 138 Å². The van der Waals surface area contributed by atoms with Gasteiger partial charge in [0.2, 0.25) is 0 Å². The SMILES string of the molecule is CCCCCCCC(OP(=O)(O)O)(C(Cl)CC)C(Cl)CC. The summed E-state index contributed by atoms with van der Waals surface area (Å²) in [4.78, 5) is 18.5. The van der Waals surface area contributed by atoms with Gasteiger partial charge >= 0.3 is 7.82 Å². The fraction of sp³-hybridized carbons (Fsp3) is 1.00. The standard InChI is InChI=1S/C14H29Cl2O4P/c1-4-7-8-9-10-11-14(12(15)5-2,13(16)6-3)20-21(17,18)19/h12-13H,4-11H2,1-3H3,(H2,17,18,19). The second-order valence-corrected chi connectivity index (χ2v) is 7.67. The molecule has 0 spiro atoms. The van der Waals surface area contributed by atoms with E-state index in [2.05, 4.69) is 6.92 Å². The molecule has 0 amide bonds. The molecule has 0 bridgehead atoms. The molecule has 0 fully saturated rings. The molecule has 2 unspecified atom stereocenters. The Morgan fingerprint density at radius 3 is 1.86 bits per heavy atom. The molecule has 0 aliphatic heterocycles. The van der Waals surface area contributed by atoms with E-state index < -0.39 is 24.2 Å². The molecule has 0 rings (SSSR count). The molecule has 2 N–H and O–H groups in total. The van der Waals surface area contributed by atoms with Crippen LogP contribution >= 0.6 is 31.0 Å². The summed E-state index contributed by atoms with van der Waals surface area (Å²) < 4.78 is 16.5. The van der Waals surface area contributed by atoms with Gasteiger partial charge in [-0.1, -0.05) is 52.9 Å². The highest BCUT2D eigenvalue weighted by Gasteiger charge is 2.47. The van der Waals surface area contributed by atoms with Crippen LogP contribution in [0.4, 0.5) is 0 Å². The van der Waals surface area contributed by atoms with Gasteiger partial charge in [0, 0.05) is 0 Å². The van der Waals surface area contributed by atoms with Crippen molar-refractivity contribution < 1.29 is 18.9 Å². The van der Waals surface area contributed by atoms with E-state index in [0.29, 0.717) is 19.3 Å². The number of unbranched alkanes of at least 4 members (excludes halogenated alkanes) is 4. The van der Waals surface area contributed by atoms with Gasteiger partial charge < -0.3 is 9.79 Å². The van der Waals surface area contributed by atoms with E-state index in [9.17, 15) is 14.4 Å². The van der Waals surface area contributed by atoms with Gasteiger partial charge in [-0.25, -0.2) is 4.57 Å². The average molecular weight is 363 g/mol. The molecule has 21 heavy (non-hydrogen) atoms. The lowest BCUT2D eigenvalue weighted by Gasteiger charge is -2.40. The molecule has 2 atom stereocenters. The smallest absolute Gasteiger partial charge is 0.303 e. The number of phosphoric acid groups is 1. The first-order valence-electron chi connectivity index (χ1n) is 7.77. The lowest BCUT2D eigenvalue weighted by molar-refractivity contribution is 0.0149. The molecule has 0 aromatic carbocycles. The lowest BCUT2D eigenvalue weighted by atomic mass is 9.86. The molecule has 7 heteroatoms. The van der Waals surface area contributed by atoms with Gasteiger partial charge in [-0.05, 0) is 19.3 Å². The van der Waals surface area contributed by atoms with Crippen molar-refractivity contribution in [3.63, 3.8) is 0 Å². The van der Waals surface area contributed by atoms with E-state index in [1.54, 1.807) is 0 Å². The maximum absolute atomic E-state index is 11.4. The quantitative estimate of drug-likeness (QED) is 0.283. The predicted octanol–water partition coefficient (Wildman–Crippen LogP) is 5.23. The molecular weight excluding hydrogens is 334 g/mol. The van der Waals surface area contributed by atoms with Crippen molar-refractivity contribution in [1.82, 2.24) is 0 Å². The number of alkyl halides is 2. The molecule has 0 heterocycles. The van der Waals surface area contributed by atoms with Gasteiger partial charge in [-0.15, -0.1) is 23.2 Å². The Bertz CT molecular complexity index is 312. The van der Waals surface area contributed by atoms with Crippen LogP contribution in [0.2, 0.25) is 0 Å². The van der Waals surface area contributed by atoms with Gasteiger partial charge in [0.25, 0.3) is 0 Å². The van der Waals surface area contributed by atoms with Crippen molar-refractivity contribution in [2.45, 2.75) is 88.5 Å². The lowest BCUT2D eigenvalue weighted by Crippen LogP contribution is -2.49. The van der Waals surface area contributed by atoms with Crippen LogP contribution in [-0.2, 0) is 9.09 Å². The van der Waals surface area contributed by atoms with Crippen molar-refractivity contribution in [2.24, 2.45) is 0 Å². The van der Waals surface area contributed by atoms with Crippen LogP contribution in [-0.4, -0.2) is 26.1 Å². The highest BCUT2D eigenvalue weighted by molar-refractivity contribution is 7.46. The van der Waals surface area contributed by atoms with Crippen LogP contribution in [0, 0.1) is 0 Å².